The van der Waals surface area contributed by atoms with Crippen LogP contribution in [0.4, 0.5) is 4.39 Å². The zero-order chi connectivity index (χ0) is 20.0. The lowest BCUT2D eigenvalue weighted by molar-refractivity contribution is -0.314. The molecule has 0 radical (unpaired) electrons. The Balaban J connectivity index is 1.99. The Morgan fingerprint density at radius 2 is 1.93 bits per heavy atom. The highest BCUT2D eigenvalue weighted by molar-refractivity contribution is 5.76. The van der Waals surface area contributed by atoms with Gasteiger partial charge in [0.1, 0.15) is 5.82 Å². The molecule has 7 heteroatoms. The molecular formula is C20H23FNO5-. The van der Waals surface area contributed by atoms with Gasteiger partial charge in [-0.15, -0.1) is 5.39 Å². The lowest BCUT2D eigenvalue weighted by Crippen LogP contribution is -2.34. The molecule has 1 unspecified atom stereocenters. The molecule has 0 aliphatic heterocycles. The summed E-state index contributed by atoms with van der Waals surface area (Å²) in [6.07, 6.45) is 0. The average Bonchev–Trinajstić information content (AvgIpc) is 2.64. The highest BCUT2D eigenvalue weighted by Gasteiger charge is 2.30. The zero-order valence-electron chi connectivity index (χ0n) is 15.5. The van der Waals surface area contributed by atoms with E-state index in [0.717, 1.165) is 5.56 Å². The van der Waals surface area contributed by atoms with Crippen LogP contribution in [0.25, 0.3) is 11.1 Å². The van der Waals surface area contributed by atoms with Gasteiger partial charge in [0.05, 0.1) is 18.6 Å². The Kier molecular flexibility index (Phi) is 7.04. The van der Waals surface area contributed by atoms with E-state index < -0.39 is 16.8 Å². The third kappa shape index (κ3) is 5.83. The molecule has 0 aliphatic rings. The minimum atomic E-state index is -1.12. The molecule has 2 rings (SSSR count). The van der Waals surface area contributed by atoms with Crippen molar-refractivity contribution in [3.05, 3.63) is 65.1 Å². The second kappa shape index (κ2) is 9.05. The second-order valence-corrected chi connectivity index (χ2v) is 7.00. The highest BCUT2D eigenvalue weighted by Crippen LogP contribution is 2.27. The van der Waals surface area contributed by atoms with E-state index in [1.165, 1.54) is 19.9 Å². The summed E-state index contributed by atoms with van der Waals surface area (Å²) in [5, 5.41) is 18.2. The van der Waals surface area contributed by atoms with Crippen molar-refractivity contribution in [2.75, 3.05) is 13.2 Å². The topological polar surface area (TPSA) is 82.1 Å². The summed E-state index contributed by atoms with van der Waals surface area (Å²) in [6, 6.07) is 14.2. The predicted octanol–water partition coefficient (Wildman–Crippen LogP) is 4.29. The fourth-order valence-electron chi connectivity index (χ4n) is 2.46. The van der Waals surface area contributed by atoms with Crippen LogP contribution in [0.1, 0.15) is 32.3 Å². The maximum Gasteiger partial charge on any atom is 0.313 e. The van der Waals surface area contributed by atoms with Gasteiger partial charge in [-0.05, 0) is 31.0 Å². The molecule has 1 N–H and O–H groups in total. The lowest BCUT2D eigenvalue weighted by atomic mass is 9.95. The number of hydrogen-bond donors (Lipinski definition) is 1. The number of esters is 1. The van der Waals surface area contributed by atoms with Crippen LogP contribution in [0, 0.1) is 16.4 Å². The average molecular weight is 376 g/mol. The predicted molar refractivity (Wildman–Crippen MR) is 97.9 cm³/mol. The van der Waals surface area contributed by atoms with Crippen molar-refractivity contribution in [1.29, 1.82) is 0 Å². The lowest BCUT2D eigenvalue weighted by Gasteiger charge is -2.27. The molecule has 1 atom stereocenters. The van der Waals surface area contributed by atoms with Crippen molar-refractivity contribution >= 4 is 5.97 Å². The van der Waals surface area contributed by atoms with Crippen LogP contribution in [0.15, 0.2) is 48.5 Å². The summed E-state index contributed by atoms with van der Waals surface area (Å²) in [5.41, 5.74) is 0.884. The highest BCUT2D eigenvalue weighted by atomic mass is 19.1. The van der Waals surface area contributed by atoms with Gasteiger partial charge in [0.15, 0.2) is 0 Å². The van der Waals surface area contributed by atoms with E-state index in [2.05, 4.69) is 4.84 Å². The van der Waals surface area contributed by atoms with Crippen LogP contribution in [-0.2, 0) is 14.4 Å². The van der Waals surface area contributed by atoms with Crippen LogP contribution in [0.3, 0.4) is 0 Å². The minimum absolute atomic E-state index is 0.0482. The quantitative estimate of drug-likeness (QED) is 0.547. The fourth-order valence-corrected chi connectivity index (χ4v) is 2.46. The molecule has 0 amide bonds. The van der Waals surface area contributed by atoms with Gasteiger partial charge in [-0.3, -0.25) is 9.63 Å². The number of rotatable bonds is 8. The molecule has 6 nitrogen and oxygen atoms in total. The molecule has 27 heavy (non-hydrogen) atoms. The molecule has 0 spiro atoms. The summed E-state index contributed by atoms with van der Waals surface area (Å²) < 4.78 is 19.7. The number of carbonyl (C=O) groups excluding carboxylic acids is 1. The Bertz CT molecular complexity index is 764. The Morgan fingerprint density at radius 3 is 2.52 bits per heavy atom. The third-order valence-electron chi connectivity index (χ3n) is 4.20. The molecule has 0 heterocycles. The molecule has 146 valence electrons. The molecule has 0 saturated heterocycles. The van der Waals surface area contributed by atoms with E-state index in [9.17, 15) is 14.4 Å². The number of ether oxygens (including phenoxy) is 1. The molecular weight excluding hydrogens is 353 g/mol. The van der Waals surface area contributed by atoms with Gasteiger partial charge in [0, 0.05) is 11.5 Å². The van der Waals surface area contributed by atoms with Crippen molar-refractivity contribution in [2.45, 2.75) is 26.7 Å². The van der Waals surface area contributed by atoms with Crippen LogP contribution in [0.5, 0.6) is 0 Å². The van der Waals surface area contributed by atoms with Crippen LogP contribution in [0.2, 0.25) is 0 Å². The van der Waals surface area contributed by atoms with Gasteiger partial charge in [-0.2, -0.15) is 0 Å². The molecule has 2 aromatic rings. The SMILES string of the molecule is CC(COC(=O)C(C)(C)CON([O-])O)c1ccc(-c2ccccc2)c(F)c1. The van der Waals surface area contributed by atoms with E-state index in [0.29, 0.717) is 11.1 Å². The molecule has 0 bridgehead atoms. The maximum absolute atomic E-state index is 14.5. The third-order valence-corrected chi connectivity index (χ3v) is 4.20. The van der Waals surface area contributed by atoms with Crippen molar-refractivity contribution in [1.82, 2.24) is 5.39 Å². The normalized spacial score (nSPS) is 12.9. The number of hydrogen-bond acceptors (Lipinski definition) is 6. The summed E-state index contributed by atoms with van der Waals surface area (Å²) in [5.74, 6) is -1.15. The fraction of sp³-hybridized carbons (Fsp3) is 0.350. The number of benzene rings is 2. The zero-order valence-corrected chi connectivity index (χ0v) is 15.5. The van der Waals surface area contributed by atoms with Gasteiger partial charge in [0.25, 0.3) is 0 Å². The molecule has 2 aromatic carbocycles. The van der Waals surface area contributed by atoms with Crippen LogP contribution >= 0.6 is 0 Å². The van der Waals surface area contributed by atoms with Gasteiger partial charge in [0.2, 0.25) is 0 Å². The number of carbonyl (C=O) groups is 1. The van der Waals surface area contributed by atoms with Crippen LogP contribution < -0.4 is 0 Å². The Labute approximate surface area is 157 Å². The van der Waals surface area contributed by atoms with E-state index in [-0.39, 0.29) is 24.9 Å². The monoisotopic (exact) mass is 376 g/mol. The van der Waals surface area contributed by atoms with Gasteiger partial charge in [-0.1, -0.05) is 49.4 Å². The number of halogens is 1. The first kappa shape index (κ1) is 21.0. The maximum atomic E-state index is 14.5. The van der Waals surface area contributed by atoms with Gasteiger partial charge in [-0.25, -0.2) is 4.39 Å². The largest absolute Gasteiger partial charge is 0.738 e. The number of nitrogens with zero attached hydrogens (tertiary/aromatic N) is 1. The Hall–Kier alpha value is -2.32. The summed E-state index contributed by atoms with van der Waals surface area (Å²) in [7, 11) is 0. The van der Waals surface area contributed by atoms with Crippen molar-refractivity contribution < 1.29 is 24.0 Å². The van der Waals surface area contributed by atoms with Gasteiger partial charge >= 0.3 is 5.97 Å². The van der Waals surface area contributed by atoms with Crippen molar-refractivity contribution in [3.8, 4) is 11.1 Å². The van der Waals surface area contributed by atoms with E-state index in [1.54, 1.807) is 12.1 Å². The Morgan fingerprint density at radius 1 is 1.26 bits per heavy atom. The molecule has 0 saturated carbocycles. The first-order valence-electron chi connectivity index (χ1n) is 8.52. The summed E-state index contributed by atoms with van der Waals surface area (Å²) in [6.45, 7) is 4.59. The molecule has 0 aliphatic carbocycles. The summed E-state index contributed by atoms with van der Waals surface area (Å²) in [4.78, 5) is 16.5. The van der Waals surface area contributed by atoms with Gasteiger partial charge < -0.3 is 15.2 Å². The smallest absolute Gasteiger partial charge is 0.313 e. The first-order chi connectivity index (χ1) is 12.7. The standard InChI is InChI=1S/C20H23FNO5/c1-14(12-26-19(23)20(2,3)13-27-22(24)25)16-9-10-17(18(21)11-16)15-7-5-4-6-8-15/h4-11,14,24H,12-13H2,1-3H3/q-1. The van der Waals surface area contributed by atoms with E-state index in [1.807, 2.05) is 37.3 Å². The van der Waals surface area contributed by atoms with Crippen molar-refractivity contribution in [3.63, 3.8) is 0 Å². The minimum Gasteiger partial charge on any atom is -0.738 e. The summed E-state index contributed by atoms with van der Waals surface area (Å²) >= 11 is 0. The van der Waals surface area contributed by atoms with E-state index in [4.69, 9.17) is 9.94 Å². The molecule has 0 aromatic heterocycles. The second-order valence-electron chi connectivity index (χ2n) is 7.00. The van der Waals surface area contributed by atoms with Crippen molar-refractivity contribution in [2.24, 2.45) is 5.41 Å². The van der Waals surface area contributed by atoms with E-state index >= 15 is 0 Å². The first-order valence-corrected chi connectivity index (χ1v) is 8.52. The van der Waals surface area contributed by atoms with Crippen LogP contribution in [-0.4, -0.2) is 29.8 Å². The molecule has 0 fully saturated rings.